The Morgan fingerprint density at radius 3 is 2.79 bits per heavy atom. The number of benzene rings is 1. The van der Waals surface area contributed by atoms with Crippen molar-refractivity contribution in [2.75, 3.05) is 17.4 Å². The number of esters is 1. The Balaban J connectivity index is 1.43. The summed E-state index contributed by atoms with van der Waals surface area (Å²) in [6.45, 7) is 3.01. The Kier molecular flexibility index (Phi) is 7.23. The molecule has 0 radical (unpaired) electrons. The number of rotatable bonds is 9. The van der Waals surface area contributed by atoms with Gasteiger partial charge in [-0.05, 0) is 43.0 Å². The normalized spacial score (nSPS) is 17.4. The van der Waals surface area contributed by atoms with Crippen LogP contribution in [0.2, 0.25) is 5.02 Å². The lowest BCUT2D eigenvalue weighted by Gasteiger charge is -2.18. The van der Waals surface area contributed by atoms with Crippen molar-refractivity contribution in [2.45, 2.75) is 45.2 Å². The first-order valence-electron chi connectivity index (χ1n) is 12.5. The van der Waals surface area contributed by atoms with Crippen molar-refractivity contribution in [1.29, 1.82) is 0 Å². The van der Waals surface area contributed by atoms with Crippen LogP contribution < -0.4 is 16.4 Å². The summed E-state index contributed by atoms with van der Waals surface area (Å²) >= 11 is 6.04. The number of nitrogens with zero attached hydrogens (tertiary/aromatic N) is 4. The molecule has 5 rings (SSSR count). The molecule has 4 N–H and O–H groups in total. The molecule has 1 aromatic carbocycles. The van der Waals surface area contributed by atoms with Crippen LogP contribution in [0.25, 0.3) is 11.7 Å². The molecule has 3 heterocycles. The third kappa shape index (κ3) is 5.71. The van der Waals surface area contributed by atoms with Crippen molar-refractivity contribution in [3.8, 4) is 0 Å². The maximum atomic E-state index is 14.4. The first-order valence-corrected chi connectivity index (χ1v) is 12.8. The van der Waals surface area contributed by atoms with Gasteiger partial charge in [-0.2, -0.15) is 9.61 Å². The number of imide groups is 1. The van der Waals surface area contributed by atoms with Gasteiger partial charge in [-0.15, -0.1) is 0 Å². The van der Waals surface area contributed by atoms with Crippen molar-refractivity contribution >= 4 is 58.4 Å². The van der Waals surface area contributed by atoms with Crippen molar-refractivity contribution < 1.29 is 23.5 Å². The summed E-state index contributed by atoms with van der Waals surface area (Å²) < 4.78 is 21.1. The average molecular weight is 556 g/mol. The Morgan fingerprint density at radius 1 is 1.31 bits per heavy atom. The first-order chi connectivity index (χ1) is 18.6. The maximum Gasteiger partial charge on any atom is 0.324 e. The van der Waals surface area contributed by atoms with Crippen LogP contribution >= 0.6 is 11.6 Å². The van der Waals surface area contributed by atoms with Gasteiger partial charge in [0.2, 0.25) is 5.91 Å². The molecule has 1 aliphatic carbocycles. The third-order valence-electron chi connectivity index (χ3n) is 6.44. The standard InChI is InChI=1S/C26H27ClFN7O4/c1-13(2)23(29)26(38)39-12-34-22(36)8-14(25(34)37)7-15-11-30-35-21(31-17-4-5-17)10-20(33-24(15)35)32-19-9-16(27)3-6-18(19)28/h3,6-7,9-11,13,17,23,31H,4-5,8,12,29H2,1-2H3,(H,32,33)/b14-7+. The zero-order chi connectivity index (χ0) is 27.8. The van der Waals surface area contributed by atoms with E-state index < -0.39 is 36.4 Å². The number of hydrogen-bond donors (Lipinski definition) is 3. The molecule has 11 nitrogen and oxygen atoms in total. The van der Waals surface area contributed by atoms with Crippen LogP contribution in [-0.2, 0) is 19.1 Å². The Labute approximate surface area is 228 Å². The van der Waals surface area contributed by atoms with Gasteiger partial charge in [0.05, 0.1) is 18.3 Å². The Morgan fingerprint density at radius 2 is 2.08 bits per heavy atom. The summed E-state index contributed by atoms with van der Waals surface area (Å²) in [6, 6.07) is 5.28. The molecule has 13 heteroatoms. The van der Waals surface area contributed by atoms with Gasteiger partial charge in [-0.25, -0.2) is 14.3 Å². The highest BCUT2D eigenvalue weighted by Crippen LogP contribution is 2.30. The minimum atomic E-state index is -0.862. The van der Waals surface area contributed by atoms with Crippen LogP contribution in [0.15, 0.2) is 36.0 Å². The number of hydrogen-bond acceptors (Lipinski definition) is 9. The summed E-state index contributed by atoms with van der Waals surface area (Å²) in [6.07, 6.45) is 4.89. The lowest BCUT2D eigenvalue weighted by molar-refractivity contribution is -0.156. The second kappa shape index (κ2) is 10.6. The smallest absolute Gasteiger partial charge is 0.324 e. The molecule has 2 fully saturated rings. The van der Waals surface area contributed by atoms with E-state index in [4.69, 9.17) is 22.1 Å². The molecule has 3 aromatic rings. The Hall–Kier alpha value is -4.03. The monoisotopic (exact) mass is 555 g/mol. The molecule has 39 heavy (non-hydrogen) atoms. The fraction of sp³-hybridized carbons (Fsp3) is 0.346. The molecular weight excluding hydrogens is 529 g/mol. The van der Waals surface area contributed by atoms with Crippen molar-refractivity contribution in [1.82, 2.24) is 19.5 Å². The summed E-state index contributed by atoms with van der Waals surface area (Å²) in [5.74, 6) is -1.49. The maximum absolute atomic E-state index is 14.4. The van der Waals surface area contributed by atoms with E-state index in [0.29, 0.717) is 27.9 Å². The summed E-state index contributed by atoms with van der Waals surface area (Å²) in [4.78, 5) is 43.1. The molecule has 0 spiro atoms. The van der Waals surface area contributed by atoms with Gasteiger partial charge >= 0.3 is 5.97 Å². The molecule has 2 aliphatic rings. The van der Waals surface area contributed by atoms with Gasteiger partial charge in [0, 0.05) is 28.3 Å². The quantitative estimate of drug-likeness (QED) is 0.205. The molecule has 204 valence electrons. The van der Waals surface area contributed by atoms with E-state index in [1.807, 2.05) is 0 Å². The fourth-order valence-electron chi connectivity index (χ4n) is 3.96. The predicted molar refractivity (Wildman–Crippen MR) is 143 cm³/mol. The minimum Gasteiger partial charge on any atom is -0.443 e. The van der Waals surface area contributed by atoms with Crippen molar-refractivity contribution in [3.63, 3.8) is 0 Å². The minimum absolute atomic E-state index is 0.148. The van der Waals surface area contributed by atoms with Gasteiger partial charge in [-0.3, -0.25) is 14.4 Å². The molecule has 1 saturated heterocycles. The molecule has 1 atom stereocenters. The molecule has 0 bridgehead atoms. The van der Waals surface area contributed by atoms with Crippen LogP contribution in [0, 0.1) is 11.7 Å². The number of amides is 2. The number of aromatic nitrogens is 3. The molecule has 1 aliphatic heterocycles. The molecule has 1 unspecified atom stereocenters. The first kappa shape index (κ1) is 26.6. The molecular formula is C26H27ClFN7O4. The van der Waals surface area contributed by atoms with Gasteiger partial charge in [-0.1, -0.05) is 25.4 Å². The molecule has 2 aromatic heterocycles. The van der Waals surface area contributed by atoms with Gasteiger partial charge in [0.25, 0.3) is 5.91 Å². The number of nitrogens with one attached hydrogen (secondary N) is 2. The number of fused-ring (bicyclic) bond motifs is 1. The van der Waals surface area contributed by atoms with Crippen LogP contribution in [0.5, 0.6) is 0 Å². The topological polar surface area (TPSA) is 144 Å². The second-order valence-electron chi connectivity index (χ2n) is 9.87. The number of likely N-dealkylation sites (tertiary alicyclic amines) is 1. The highest BCUT2D eigenvalue weighted by molar-refractivity contribution is 6.30. The van der Waals surface area contributed by atoms with Crippen LogP contribution in [-0.4, -0.2) is 56.1 Å². The van der Waals surface area contributed by atoms with Crippen molar-refractivity contribution in [3.05, 3.63) is 52.4 Å². The van der Waals surface area contributed by atoms with Crippen LogP contribution in [0.1, 0.15) is 38.7 Å². The van der Waals surface area contributed by atoms with E-state index in [1.165, 1.54) is 30.5 Å². The molecule has 1 saturated carbocycles. The number of ether oxygens (including phenoxy) is 1. The van der Waals surface area contributed by atoms with Crippen molar-refractivity contribution in [2.24, 2.45) is 11.7 Å². The largest absolute Gasteiger partial charge is 0.443 e. The highest BCUT2D eigenvalue weighted by Gasteiger charge is 2.35. The van der Waals surface area contributed by atoms with Gasteiger partial charge in [0.15, 0.2) is 12.4 Å². The summed E-state index contributed by atoms with van der Waals surface area (Å²) in [7, 11) is 0. The Bertz CT molecular complexity index is 1500. The highest BCUT2D eigenvalue weighted by atomic mass is 35.5. The SMILES string of the molecule is CC(C)C(N)C(=O)OCN1C(=O)C/C(=C\c2cnn3c(NC4CC4)cc(Nc4cc(Cl)ccc4F)nc23)C1=O. The number of nitrogens with two attached hydrogens (primary N) is 1. The zero-order valence-corrected chi connectivity index (χ0v) is 22.0. The van der Waals surface area contributed by atoms with Gasteiger partial charge in [0.1, 0.15) is 23.5 Å². The van der Waals surface area contributed by atoms with E-state index in [9.17, 15) is 18.8 Å². The number of anilines is 3. The number of carbonyl (C=O) groups is 3. The van der Waals surface area contributed by atoms with Crippen LogP contribution in [0.4, 0.5) is 21.7 Å². The summed E-state index contributed by atoms with van der Waals surface area (Å²) in [5.41, 5.74) is 6.97. The van der Waals surface area contributed by atoms with E-state index in [1.54, 1.807) is 24.4 Å². The molecule has 2 amide bonds. The van der Waals surface area contributed by atoms with E-state index in [2.05, 4.69) is 20.7 Å². The zero-order valence-electron chi connectivity index (χ0n) is 21.3. The van der Waals surface area contributed by atoms with E-state index in [-0.39, 0.29) is 29.6 Å². The predicted octanol–water partition coefficient (Wildman–Crippen LogP) is 3.47. The second-order valence-corrected chi connectivity index (χ2v) is 10.3. The third-order valence-corrected chi connectivity index (χ3v) is 6.67. The van der Waals surface area contributed by atoms with E-state index in [0.717, 1.165) is 17.7 Å². The lowest BCUT2D eigenvalue weighted by atomic mass is 10.1. The van der Waals surface area contributed by atoms with Gasteiger partial charge < -0.3 is 21.1 Å². The fourth-order valence-corrected chi connectivity index (χ4v) is 4.14. The van der Waals surface area contributed by atoms with Crippen LogP contribution in [0.3, 0.4) is 0 Å². The number of halogens is 2. The lowest BCUT2D eigenvalue weighted by Crippen LogP contribution is -2.40. The van der Waals surface area contributed by atoms with E-state index >= 15 is 0 Å². The summed E-state index contributed by atoms with van der Waals surface area (Å²) in [5, 5.41) is 11.1. The average Bonchev–Trinajstić information content (AvgIpc) is 3.56. The number of carbonyl (C=O) groups excluding carboxylic acids is 3.